The molecule has 4 N–H and O–H groups in total. The van der Waals surface area contributed by atoms with Crippen molar-refractivity contribution in [2.45, 2.75) is 23.2 Å². The Morgan fingerprint density at radius 1 is 1.05 bits per heavy atom. The van der Waals surface area contributed by atoms with Crippen molar-refractivity contribution >= 4 is 26.3 Å². The molecule has 6 heteroatoms. The number of hydrogen-bond acceptors (Lipinski definition) is 5. The van der Waals surface area contributed by atoms with E-state index in [2.05, 4.69) is 0 Å². The van der Waals surface area contributed by atoms with Crippen LogP contribution in [0.25, 0.3) is 10.8 Å². The molecule has 21 heavy (non-hydrogen) atoms. The van der Waals surface area contributed by atoms with Gasteiger partial charge in [0.2, 0.25) is 9.84 Å². The monoisotopic (exact) mass is 307 g/mol. The Labute approximate surface area is 125 Å². The second-order valence-electron chi connectivity index (χ2n) is 5.33. The SMILES string of the molecule is CCC(N)(N)S(=O)(=O)c1cccc2c(N(C)C)cccc12. The van der Waals surface area contributed by atoms with E-state index < -0.39 is 14.8 Å². The summed E-state index contributed by atoms with van der Waals surface area (Å²) in [6, 6.07) is 10.7. The third-order valence-corrected chi connectivity index (χ3v) is 5.91. The molecule has 2 aromatic rings. The molecule has 0 saturated heterocycles. The fourth-order valence-corrected chi connectivity index (χ4v) is 3.80. The Morgan fingerprint density at radius 2 is 1.62 bits per heavy atom. The van der Waals surface area contributed by atoms with E-state index in [1.807, 2.05) is 37.2 Å². The summed E-state index contributed by atoms with van der Waals surface area (Å²) in [5.41, 5.74) is 12.5. The van der Waals surface area contributed by atoms with Crippen LogP contribution in [0.3, 0.4) is 0 Å². The molecule has 5 nitrogen and oxygen atoms in total. The van der Waals surface area contributed by atoms with E-state index in [0.29, 0.717) is 5.39 Å². The van der Waals surface area contributed by atoms with E-state index in [-0.39, 0.29) is 11.3 Å². The van der Waals surface area contributed by atoms with Gasteiger partial charge in [-0.2, -0.15) is 0 Å². The highest BCUT2D eigenvalue weighted by Crippen LogP contribution is 2.32. The van der Waals surface area contributed by atoms with Crippen molar-refractivity contribution in [1.29, 1.82) is 0 Å². The van der Waals surface area contributed by atoms with Crippen LogP contribution >= 0.6 is 0 Å². The highest BCUT2D eigenvalue weighted by atomic mass is 32.2. The summed E-state index contributed by atoms with van der Waals surface area (Å²) >= 11 is 0. The van der Waals surface area contributed by atoms with Crippen LogP contribution in [0.1, 0.15) is 13.3 Å². The summed E-state index contributed by atoms with van der Waals surface area (Å²) in [4.78, 5) is 0.349. The summed E-state index contributed by atoms with van der Waals surface area (Å²) in [5.74, 6) is 0. The number of benzene rings is 2. The highest BCUT2D eigenvalue weighted by molar-refractivity contribution is 7.93. The fourth-order valence-electron chi connectivity index (χ4n) is 2.28. The predicted molar refractivity (Wildman–Crippen MR) is 86.9 cm³/mol. The lowest BCUT2D eigenvalue weighted by Crippen LogP contribution is -2.55. The minimum atomic E-state index is -3.82. The minimum absolute atomic E-state index is 0.138. The summed E-state index contributed by atoms with van der Waals surface area (Å²) in [7, 11) is 0.00905. The topological polar surface area (TPSA) is 89.4 Å². The van der Waals surface area contributed by atoms with Gasteiger partial charge in [0.05, 0.1) is 4.90 Å². The first kappa shape index (κ1) is 15.8. The highest BCUT2D eigenvalue weighted by Gasteiger charge is 2.36. The van der Waals surface area contributed by atoms with Crippen molar-refractivity contribution in [3.63, 3.8) is 0 Å². The van der Waals surface area contributed by atoms with E-state index in [0.717, 1.165) is 11.1 Å². The van der Waals surface area contributed by atoms with Gasteiger partial charge in [0.1, 0.15) is 0 Å². The van der Waals surface area contributed by atoms with Crippen molar-refractivity contribution in [3.8, 4) is 0 Å². The van der Waals surface area contributed by atoms with Crippen LogP contribution in [-0.4, -0.2) is 27.5 Å². The van der Waals surface area contributed by atoms with Crippen molar-refractivity contribution in [1.82, 2.24) is 0 Å². The van der Waals surface area contributed by atoms with Gasteiger partial charge >= 0.3 is 0 Å². The summed E-state index contributed by atoms with van der Waals surface area (Å²) in [6.07, 6.45) is 0.138. The van der Waals surface area contributed by atoms with Crippen LogP contribution in [0, 0.1) is 0 Å². The van der Waals surface area contributed by atoms with Crippen molar-refractivity contribution in [3.05, 3.63) is 36.4 Å². The second-order valence-corrected chi connectivity index (χ2v) is 7.54. The number of hydrogen-bond donors (Lipinski definition) is 2. The van der Waals surface area contributed by atoms with Crippen molar-refractivity contribution in [2.75, 3.05) is 19.0 Å². The van der Waals surface area contributed by atoms with E-state index >= 15 is 0 Å². The quantitative estimate of drug-likeness (QED) is 0.839. The maximum absolute atomic E-state index is 12.7. The van der Waals surface area contributed by atoms with Gasteiger partial charge in [-0.1, -0.05) is 31.2 Å². The molecule has 0 fully saturated rings. The van der Waals surface area contributed by atoms with Crippen molar-refractivity contribution < 1.29 is 8.42 Å². The lowest BCUT2D eigenvalue weighted by Gasteiger charge is -2.24. The van der Waals surface area contributed by atoms with Crippen LogP contribution in [0.5, 0.6) is 0 Å². The van der Waals surface area contributed by atoms with E-state index in [9.17, 15) is 8.42 Å². The Hall–Kier alpha value is -1.63. The second kappa shape index (κ2) is 5.29. The van der Waals surface area contributed by atoms with Crippen LogP contribution < -0.4 is 16.4 Å². The molecule has 0 atom stereocenters. The zero-order chi connectivity index (χ0) is 15.8. The molecule has 0 aliphatic rings. The predicted octanol–water partition coefficient (Wildman–Crippen LogP) is 1.66. The lowest BCUT2D eigenvalue weighted by molar-refractivity contribution is 0.514. The molecule has 0 saturated carbocycles. The van der Waals surface area contributed by atoms with Crippen LogP contribution in [0.2, 0.25) is 0 Å². The zero-order valence-electron chi connectivity index (χ0n) is 12.5. The van der Waals surface area contributed by atoms with Gasteiger partial charge < -0.3 is 16.4 Å². The number of nitrogens with zero attached hydrogens (tertiary/aromatic N) is 1. The average molecular weight is 307 g/mol. The van der Waals surface area contributed by atoms with Gasteiger partial charge in [0, 0.05) is 30.6 Å². The molecule has 0 aliphatic heterocycles. The number of sulfone groups is 1. The Balaban J connectivity index is 2.82. The molecule has 0 radical (unpaired) electrons. The van der Waals surface area contributed by atoms with Gasteiger partial charge in [-0.25, -0.2) is 8.42 Å². The Kier molecular flexibility index (Phi) is 3.97. The third-order valence-electron chi connectivity index (χ3n) is 3.68. The van der Waals surface area contributed by atoms with E-state index in [1.54, 1.807) is 25.1 Å². The molecule has 114 valence electrons. The molecule has 0 heterocycles. The largest absolute Gasteiger partial charge is 0.377 e. The number of fused-ring (bicyclic) bond motifs is 1. The Bertz CT molecular complexity index is 768. The average Bonchev–Trinajstić information content (AvgIpc) is 2.45. The smallest absolute Gasteiger partial charge is 0.211 e. The molecule has 0 amide bonds. The molecule has 0 unspecified atom stereocenters. The standard InChI is InChI=1S/C15H21N3O2S/c1-4-15(16,17)21(19,20)14-10-6-7-11-12(14)8-5-9-13(11)18(2)3/h5-10H,4,16-17H2,1-3H3. The van der Waals surface area contributed by atoms with Gasteiger partial charge in [0.15, 0.2) is 4.99 Å². The summed E-state index contributed by atoms with van der Waals surface area (Å²) in [6.45, 7) is 1.66. The summed E-state index contributed by atoms with van der Waals surface area (Å²) in [5, 5.41) is 1.49. The first-order valence-corrected chi connectivity index (χ1v) is 8.22. The van der Waals surface area contributed by atoms with Gasteiger partial charge in [-0.3, -0.25) is 0 Å². The van der Waals surface area contributed by atoms with Crippen molar-refractivity contribution in [2.24, 2.45) is 11.5 Å². The number of rotatable bonds is 4. The zero-order valence-corrected chi connectivity index (χ0v) is 13.3. The van der Waals surface area contributed by atoms with Crippen LogP contribution in [0.15, 0.2) is 41.3 Å². The first-order chi connectivity index (χ1) is 9.72. The summed E-state index contributed by atoms with van der Waals surface area (Å²) < 4.78 is 25.4. The Morgan fingerprint density at radius 3 is 2.19 bits per heavy atom. The first-order valence-electron chi connectivity index (χ1n) is 6.74. The maximum atomic E-state index is 12.7. The number of anilines is 1. The van der Waals surface area contributed by atoms with Crippen LogP contribution in [0.4, 0.5) is 5.69 Å². The molecular weight excluding hydrogens is 286 g/mol. The molecule has 2 aromatic carbocycles. The lowest BCUT2D eigenvalue weighted by atomic mass is 10.1. The van der Waals surface area contributed by atoms with Crippen LogP contribution in [-0.2, 0) is 9.84 Å². The normalized spacial score (nSPS) is 12.6. The van der Waals surface area contributed by atoms with Gasteiger partial charge in [0.25, 0.3) is 0 Å². The van der Waals surface area contributed by atoms with Gasteiger partial charge in [-0.05, 0) is 18.6 Å². The number of nitrogens with two attached hydrogens (primary N) is 2. The molecule has 0 bridgehead atoms. The van der Waals surface area contributed by atoms with Gasteiger partial charge in [-0.15, -0.1) is 0 Å². The maximum Gasteiger partial charge on any atom is 0.211 e. The minimum Gasteiger partial charge on any atom is -0.377 e. The molecule has 0 aromatic heterocycles. The molecule has 2 rings (SSSR count). The molecular formula is C15H21N3O2S. The van der Waals surface area contributed by atoms with E-state index in [1.165, 1.54) is 0 Å². The molecule has 0 spiro atoms. The van der Waals surface area contributed by atoms with E-state index in [4.69, 9.17) is 11.5 Å². The third kappa shape index (κ3) is 2.50. The fraction of sp³-hybridized carbons (Fsp3) is 0.333. The molecule has 0 aliphatic carbocycles.